The molecule has 2 unspecified atom stereocenters. The first-order valence-corrected chi connectivity index (χ1v) is 8.75. The van der Waals surface area contributed by atoms with E-state index in [1.807, 2.05) is 19.2 Å². The Morgan fingerprint density at radius 2 is 2.32 bits per heavy atom. The van der Waals surface area contributed by atoms with Gasteiger partial charge < -0.3 is 10.2 Å². The van der Waals surface area contributed by atoms with Crippen LogP contribution in [0, 0.1) is 5.92 Å². The minimum Gasteiger partial charge on any atom is -0.340 e. The van der Waals surface area contributed by atoms with Crippen molar-refractivity contribution in [2.24, 2.45) is 5.92 Å². The summed E-state index contributed by atoms with van der Waals surface area (Å²) in [5.74, 6) is 0.928. The van der Waals surface area contributed by atoms with E-state index >= 15 is 0 Å². The predicted molar refractivity (Wildman–Crippen MR) is 94.0 cm³/mol. The molecule has 0 aromatic carbocycles. The largest absolute Gasteiger partial charge is 0.340 e. The molecule has 1 amide bonds. The van der Waals surface area contributed by atoms with E-state index in [0.717, 1.165) is 34.8 Å². The smallest absolute Gasteiger partial charge is 0.236 e. The maximum absolute atomic E-state index is 12.4. The molecule has 124 valence electrons. The molecule has 1 aromatic rings. The Hall–Kier alpha value is -0.330. The van der Waals surface area contributed by atoms with Crippen molar-refractivity contribution in [3.63, 3.8) is 0 Å². The molecule has 7 heteroatoms. The van der Waals surface area contributed by atoms with Crippen molar-refractivity contribution in [2.45, 2.75) is 25.4 Å². The van der Waals surface area contributed by atoms with E-state index in [-0.39, 0.29) is 18.3 Å². The molecule has 2 fully saturated rings. The summed E-state index contributed by atoms with van der Waals surface area (Å²) in [4.78, 5) is 17.6. The Balaban J connectivity index is 0.00000176. The number of fused-ring (bicyclic) bond motifs is 1. The van der Waals surface area contributed by atoms with Gasteiger partial charge in [0.1, 0.15) is 0 Å². The van der Waals surface area contributed by atoms with Crippen LogP contribution >= 0.6 is 35.3 Å². The van der Waals surface area contributed by atoms with Crippen LogP contribution in [0.4, 0.5) is 0 Å². The number of thiophene rings is 1. The van der Waals surface area contributed by atoms with Crippen LogP contribution < -0.4 is 5.32 Å². The van der Waals surface area contributed by atoms with Gasteiger partial charge in [-0.25, -0.2) is 0 Å². The second-order valence-corrected chi connectivity index (χ2v) is 7.89. The Morgan fingerprint density at radius 3 is 3.05 bits per heavy atom. The van der Waals surface area contributed by atoms with E-state index in [1.165, 1.54) is 12.8 Å². The number of halogens is 2. The van der Waals surface area contributed by atoms with Crippen LogP contribution in [0.3, 0.4) is 0 Å². The molecule has 2 saturated heterocycles. The summed E-state index contributed by atoms with van der Waals surface area (Å²) in [5, 5.41) is 3.56. The number of amides is 1. The van der Waals surface area contributed by atoms with Crippen molar-refractivity contribution in [2.75, 3.05) is 33.2 Å². The Morgan fingerprint density at radius 1 is 1.50 bits per heavy atom. The molecule has 0 bridgehead atoms. The van der Waals surface area contributed by atoms with Gasteiger partial charge in [-0.3, -0.25) is 9.69 Å². The van der Waals surface area contributed by atoms with E-state index in [2.05, 4.69) is 10.2 Å². The quantitative estimate of drug-likeness (QED) is 0.892. The first-order chi connectivity index (χ1) is 10.1. The lowest BCUT2D eigenvalue weighted by atomic mass is 9.93. The first kappa shape index (κ1) is 18.0. The summed E-state index contributed by atoms with van der Waals surface area (Å²) in [7, 11) is 1.87. The standard InChI is InChI=1S/C15H22ClN3OS.ClH/c1-18(9-12-2-3-14(16)21-12)15(20)10-19-7-5-13-11(8-19)4-6-17-13;/h2-3,11,13,17H,4-10H2,1H3;1H. The van der Waals surface area contributed by atoms with Crippen molar-refractivity contribution in [1.29, 1.82) is 0 Å². The highest BCUT2D eigenvalue weighted by Gasteiger charge is 2.33. The van der Waals surface area contributed by atoms with Gasteiger partial charge in [0.25, 0.3) is 0 Å². The van der Waals surface area contributed by atoms with Crippen molar-refractivity contribution in [3.8, 4) is 0 Å². The number of nitrogens with zero attached hydrogens (tertiary/aromatic N) is 2. The number of likely N-dealkylation sites (tertiary alicyclic amines) is 1. The minimum absolute atomic E-state index is 0. The highest BCUT2D eigenvalue weighted by Crippen LogP contribution is 2.25. The summed E-state index contributed by atoms with van der Waals surface area (Å²) in [6.07, 6.45) is 2.42. The third kappa shape index (κ3) is 4.36. The third-order valence-corrected chi connectivity index (χ3v) is 5.76. The number of piperidine rings is 1. The molecule has 2 aliphatic rings. The monoisotopic (exact) mass is 363 g/mol. The number of likely N-dealkylation sites (N-methyl/N-ethyl adjacent to an activating group) is 1. The first-order valence-electron chi connectivity index (χ1n) is 7.56. The Kier molecular flexibility index (Phi) is 6.53. The molecule has 0 saturated carbocycles. The fraction of sp³-hybridized carbons (Fsp3) is 0.667. The van der Waals surface area contributed by atoms with E-state index in [1.54, 1.807) is 16.2 Å². The second kappa shape index (κ2) is 7.97. The number of carbonyl (C=O) groups is 1. The van der Waals surface area contributed by atoms with Gasteiger partial charge in [-0.15, -0.1) is 23.7 Å². The summed E-state index contributed by atoms with van der Waals surface area (Å²) in [6.45, 7) is 4.41. The predicted octanol–water partition coefficient (Wildman–Crippen LogP) is 2.47. The normalized spacial score (nSPS) is 24.6. The van der Waals surface area contributed by atoms with Gasteiger partial charge in [-0.2, -0.15) is 0 Å². The molecule has 1 N–H and O–H groups in total. The lowest BCUT2D eigenvalue weighted by Crippen LogP contribution is -2.47. The molecule has 0 aliphatic carbocycles. The third-order valence-electron chi connectivity index (χ3n) is 4.55. The van der Waals surface area contributed by atoms with Gasteiger partial charge in [0.2, 0.25) is 5.91 Å². The van der Waals surface area contributed by atoms with Crippen LogP contribution in [0.15, 0.2) is 12.1 Å². The van der Waals surface area contributed by atoms with Gasteiger partial charge in [0, 0.05) is 31.1 Å². The zero-order valence-corrected chi connectivity index (χ0v) is 15.1. The van der Waals surface area contributed by atoms with Crippen LogP contribution in [0.25, 0.3) is 0 Å². The van der Waals surface area contributed by atoms with Crippen LogP contribution in [-0.4, -0.2) is 55.0 Å². The van der Waals surface area contributed by atoms with Crippen molar-refractivity contribution in [3.05, 3.63) is 21.3 Å². The van der Waals surface area contributed by atoms with Crippen LogP contribution in [0.1, 0.15) is 17.7 Å². The minimum atomic E-state index is 0. The van der Waals surface area contributed by atoms with E-state index in [4.69, 9.17) is 11.6 Å². The lowest BCUT2D eigenvalue weighted by Gasteiger charge is -2.35. The number of nitrogens with one attached hydrogen (secondary N) is 1. The molecule has 4 nitrogen and oxygen atoms in total. The molecule has 0 spiro atoms. The molecule has 2 atom stereocenters. The fourth-order valence-electron chi connectivity index (χ4n) is 3.34. The number of rotatable bonds is 4. The topological polar surface area (TPSA) is 35.6 Å². The molecule has 3 heterocycles. The highest BCUT2D eigenvalue weighted by molar-refractivity contribution is 7.16. The molecule has 0 radical (unpaired) electrons. The van der Waals surface area contributed by atoms with Crippen molar-refractivity contribution >= 4 is 41.3 Å². The summed E-state index contributed by atoms with van der Waals surface area (Å²) in [5.41, 5.74) is 0. The van der Waals surface area contributed by atoms with E-state index < -0.39 is 0 Å². The van der Waals surface area contributed by atoms with Crippen LogP contribution in [-0.2, 0) is 11.3 Å². The molecular weight excluding hydrogens is 341 g/mol. The highest BCUT2D eigenvalue weighted by atomic mass is 35.5. The molecule has 3 rings (SSSR count). The van der Waals surface area contributed by atoms with Gasteiger partial charge in [-0.05, 0) is 37.4 Å². The van der Waals surface area contributed by atoms with Gasteiger partial charge in [0.05, 0.1) is 17.4 Å². The van der Waals surface area contributed by atoms with Crippen molar-refractivity contribution < 1.29 is 4.79 Å². The fourth-order valence-corrected chi connectivity index (χ4v) is 4.48. The summed E-state index contributed by atoms with van der Waals surface area (Å²) >= 11 is 7.47. The SMILES string of the molecule is CN(Cc1ccc(Cl)s1)C(=O)CN1CCC2NCCC2C1.Cl. The number of hydrogen-bond donors (Lipinski definition) is 1. The molecule has 2 aliphatic heterocycles. The van der Waals surface area contributed by atoms with Gasteiger partial charge in [-0.1, -0.05) is 11.6 Å². The number of hydrogen-bond acceptors (Lipinski definition) is 4. The van der Waals surface area contributed by atoms with Gasteiger partial charge in [0.15, 0.2) is 0 Å². The number of carbonyl (C=O) groups excluding carboxylic acids is 1. The summed E-state index contributed by atoms with van der Waals surface area (Å²) in [6, 6.07) is 4.56. The van der Waals surface area contributed by atoms with E-state index in [0.29, 0.717) is 19.1 Å². The molecule has 1 aromatic heterocycles. The zero-order valence-electron chi connectivity index (χ0n) is 12.8. The lowest BCUT2D eigenvalue weighted by molar-refractivity contribution is -0.132. The molecule has 22 heavy (non-hydrogen) atoms. The van der Waals surface area contributed by atoms with E-state index in [9.17, 15) is 4.79 Å². The van der Waals surface area contributed by atoms with Crippen molar-refractivity contribution in [1.82, 2.24) is 15.1 Å². The molecular formula is C15H23Cl2N3OS. The van der Waals surface area contributed by atoms with Gasteiger partial charge >= 0.3 is 0 Å². The maximum atomic E-state index is 12.4. The van der Waals surface area contributed by atoms with Crippen LogP contribution in [0.5, 0.6) is 0 Å². The Bertz CT molecular complexity index is 511. The van der Waals surface area contributed by atoms with Crippen LogP contribution in [0.2, 0.25) is 4.34 Å². The summed E-state index contributed by atoms with van der Waals surface area (Å²) < 4.78 is 0.779. The Labute approximate surface area is 147 Å². The zero-order chi connectivity index (χ0) is 14.8. The average molecular weight is 364 g/mol. The second-order valence-electron chi connectivity index (χ2n) is 6.09. The maximum Gasteiger partial charge on any atom is 0.236 e. The average Bonchev–Trinajstić information content (AvgIpc) is 3.07.